The van der Waals surface area contributed by atoms with Gasteiger partial charge in [-0.15, -0.1) is 0 Å². The van der Waals surface area contributed by atoms with Crippen molar-refractivity contribution in [1.29, 1.82) is 0 Å². The second-order valence-corrected chi connectivity index (χ2v) is 6.98. The first-order chi connectivity index (χ1) is 12.7. The van der Waals surface area contributed by atoms with E-state index in [1.165, 1.54) is 17.0 Å². The number of rotatable bonds is 7. The zero-order valence-corrected chi connectivity index (χ0v) is 15.9. The number of benzene rings is 2. The van der Waals surface area contributed by atoms with E-state index in [9.17, 15) is 18.0 Å². The van der Waals surface area contributed by atoms with Gasteiger partial charge in [0.1, 0.15) is 13.1 Å². The van der Waals surface area contributed by atoms with Crippen LogP contribution in [0.25, 0.3) is 0 Å². The molecule has 2 rings (SSSR count). The Kier molecular flexibility index (Phi) is 7.24. The van der Waals surface area contributed by atoms with Crippen molar-refractivity contribution in [2.75, 3.05) is 32.5 Å². The lowest BCUT2D eigenvalue weighted by Crippen LogP contribution is -3.09. The van der Waals surface area contributed by atoms with Gasteiger partial charge in [-0.3, -0.25) is 4.79 Å². The molecule has 1 amide bonds. The summed E-state index contributed by atoms with van der Waals surface area (Å²) in [5.74, 6) is -0.511. The second-order valence-electron chi connectivity index (χ2n) is 6.55. The summed E-state index contributed by atoms with van der Waals surface area (Å²) in [5, 5.41) is 4.22. The third-order valence-electron chi connectivity index (χ3n) is 4.03. The molecule has 0 aliphatic rings. The summed E-state index contributed by atoms with van der Waals surface area (Å²) in [6.45, 7) is 1.47. The predicted octanol–water partition coefficient (Wildman–Crippen LogP) is 1.75. The molecule has 0 aliphatic carbocycles. The molecule has 4 N–H and O–H groups in total. The molecule has 0 saturated heterocycles. The second kappa shape index (κ2) is 9.21. The van der Waals surface area contributed by atoms with Crippen LogP contribution >= 0.6 is 11.6 Å². The van der Waals surface area contributed by atoms with E-state index in [1.54, 1.807) is 24.3 Å². The van der Waals surface area contributed by atoms with Crippen LogP contribution in [0.1, 0.15) is 17.2 Å². The fourth-order valence-corrected chi connectivity index (χ4v) is 2.84. The lowest BCUT2D eigenvalue weighted by molar-refractivity contribution is -0.876. The van der Waals surface area contributed by atoms with Gasteiger partial charge in [-0.05, 0) is 18.2 Å². The summed E-state index contributed by atoms with van der Waals surface area (Å²) in [7, 11) is 3.99. The maximum atomic E-state index is 13.3. The van der Waals surface area contributed by atoms with Crippen molar-refractivity contribution >= 4 is 23.2 Å². The van der Waals surface area contributed by atoms with Crippen LogP contribution in [0, 0.1) is 0 Å². The van der Waals surface area contributed by atoms with Crippen LogP contribution < -0.4 is 15.5 Å². The largest absolute Gasteiger partial charge is 0.418 e. The van der Waals surface area contributed by atoms with Gasteiger partial charge < -0.3 is 15.5 Å². The zero-order valence-electron chi connectivity index (χ0n) is 15.1. The van der Waals surface area contributed by atoms with Crippen LogP contribution in [0.2, 0.25) is 5.02 Å². The quantitative estimate of drug-likeness (QED) is 0.650. The molecule has 0 fully saturated rings. The molecular weight excluding hydrogens is 379 g/mol. The van der Waals surface area contributed by atoms with Crippen molar-refractivity contribution in [3.8, 4) is 0 Å². The minimum Gasteiger partial charge on any atom is -0.335 e. The van der Waals surface area contributed by atoms with E-state index in [-0.39, 0.29) is 10.7 Å². The maximum absolute atomic E-state index is 13.3. The number of alkyl halides is 3. The van der Waals surface area contributed by atoms with Crippen molar-refractivity contribution in [2.45, 2.75) is 12.2 Å². The highest BCUT2D eigenvalue weighted by molar-refractivity contribution is 6.30. The standard InChI is InChI=1S/C19H21ClF3N3O/c1-26(2)11-10-24-17(13-6-4-3-5-7-13)18(27)25-16-9-8-14(20)12-15(16)19(21,22)23/h3-9,12,17,24H,10-11H2,1-2H3,(H,25,27)/p+2/t17-/m0/s1. The normalized spacial score (nSPS) is 12.9. The Morgan fingerprint density at radius 2 is 1.85 bits per heavy atom. The molecule has 0 aromatic heterocycles. The van der Waals surface area contributed by atoms with E-state index >= 15 is 0 Å². The van der Waals surface area contributed by atoms with Crippen molar-refractivity contribution < 1.29 is 28.2 Å². The molecule has 146 valence electrons. The molecule has 0 heterocycles. The lowest BCUT2D eigenvalue weighted by Gasteiger charge is -2.19. The van der Waals surface area contributed by atoms with E-state index in [1.807, 2.05) is 25.5 Å². The number of nitrogens with two attached hydrogens (primary N) is 1. The SMILES string of the molecule is C[NH+](C)CC[NH2+][C@H](C(=O)Nc1ccc(Cl)cc1C(F)(F)F)c1ccccc1. The van der Waals surface area contributed by atoms with E-state index in [0.29, 0.717) is 6.54 Å². The molecule has 2 aromatic carbocycles. The van der Waals surface area contributed by atoms with Gasteiger partial charge in [-0.1, -0.05) is 41.9 Å². The first kappa shape index (κ1) is 21.2. The Hall–Kier alpha value is -2.09. The fourth-order valence-electron chi connectivity index (χ4n) is 2.66. The van der Waals surface area contributed by atoms with Gasteiger partial charge in [-0.25, -0.2) is 0 Å². The van der Waals surface area contributed by atoms with E-state index < -0.39 is 23.7 Å². The number of amides is 1. The molecule has 0 radical (unpaired) electrons. The fraction of sp³-hybridized carbons (Fsp3) is 0.316. The Morgan fingerprint density at radius 1 is 1.19 bits per heavy atom. The highest BCUT2D eigenvalue weighted by atomic mass is 35.5. The molecule has 0 aliphatic heterocycles. The number of hydrogen-bond acceptors (Lipinski definition) is 1. The number of halogens is 4. The molecule has 0 unspecified atom stereocenters. The Morgan fingerprint density at radius 3 is 2.44 bits per heavy atom. The number of anilines is 1. The minimum absolute atomic E-state index is 0.0412. The number of quaternary nitrogens is 2. The van der Waals surface area contributed by atoms with Gasteiger partial charge in [0.05, 0.1) is 25.3 Å². The molecule has 0 bridgehead atoms. The van der Waals surface area contributed by atoms with E-state index in [4.69, 9.17) is 11.6 Å². The minimum atomic E-state index is -4.62. The summed E-state index contributed by atoms with van der Waals surface area (Å²) >= 11 is 5.69. The van der Waals surface area contributed by atoms with Gasteiger partial charge in [-0.2, -0.15) is 13.2 Å². The Labute approximate surface area is 161 Å². The topological polar surface area (TPSA) is 50.2 Å². The molecule has 0 spiro atoms. The van der Waals surface area contributed by atoms with Gasteiger partial charge >= 0.3 is 6.18 Å². The van der Waals surface area contributed by atoms with Crippen molar-refractivity contribution in [2.24, 2.45) is 0 Å². The molecule has 8 heteroatoms. The molecular formula is C19H23ClF3N3O+2. The average molecular weight is 402 g/mol. The Bertz CT molecular complexity index is 767. The molecule has 27 heavy (non-hydrogen) atoms. The first-order valence-electron chi connectivity index (χ1n) is 8.53. The molecule has 0 saturated carbocycles. The van der Waals surface area contributed by atoms with Gasteiger partial charge in [0.15, 0.2) is 6.04 Å². The predicted molar refractivity (Wildman–Crippen MR) is 98.7 cm³/mol. The van der Waals surface area contributed by atoms with Gasteiger partial charge in [0.25, 0.3) is 5.91 Å². The van der Waals surface area contributed by atoms with Crippen molar-refractivity contribution in [1.82, 2.24) is 0 Å². The highest BCUT2D eigenvalue weighted by Crippen LogP contribution is 2.36. The summed E-state index contributed by atoms with van der Waals surface area (Å²) in [6.07, 6.45) is -4.62. The number of hydrogen-bond donors (Lipinski definition) is 3. The van der Waals surface area contributed by atoms with Crippen LogP contribution in [0.5, 0.6) is 0 Å². The van der Waals surface area contributed by atoms with Crippen LogP contribution in [0.3, 0.4) is 0 Å². The van der Waals surface area contributed by atoms with E-state index in [0.717, 1.165) is 18.2 Å². The molecule has 4 nitrogen and oxygen atoms in total. The Balaban J connectivity index is 2.26. The van der Waals surface area contributed by atoms with Crippen molar-refractivity contribution in [3.05, 3.63) is 64.7 Å². The third kappa shape index (κ3) is 6.23. The number of carbonyl (C=O) groups excluding carboxylic acids is 1. The summed E-state index contributed by atoms with van der Waals surface area (Å²) in [6, 6.07) is 11.7. The third-order valence-corrected chi connectivity index (χ3v) is 4.27. The van der Waals surface area contributed by atoms with Gasteiger partial charge in [0.2, 0.25) is 0 Å². The highest BCUT2D eigenvalue weighted by Gasteiger charge is 2.35. The maximum Gasteiger partial charge on any atom is 0.418 e. The van der Waals surface area contributed by atoms with Crippen LogP contribution in [0.15, 0.2) is 48.5 Å². The van der Waals surface area contributed by atoms with Crippen LogP contribution in [0.4, 0.5) is 18.9 Å². The summed E-state index contributed by atoms with van der Waals surface area (Å²) < 4.78 is 39.8. The molecule has 1 atom stereocenters. The van der Waals surface area contributed by atoms with Crippen molar-refractivity contribution in [3.63, 3.8) is 0 Å². The monoisotopic (exact) mass is 401 g/mol. The average Bonchev–Trinajstić information content (AvgIpc) is 2.60. The van der Waals surface area contributed by atoms with Crippen LogP contribution in [-0.4, -0.2) is 33.1 Å². The first-order valence-corrected chi connectivity index (χ1v) is 8.91. The number of nitrogens with one attached hydrogen (secondary N) is 2. The lowest BCUT2D eigenvalue weighted by atomic mass is 10.1. The summed E-state index contributed by atoms with van der Waals surface area (Å²) in [5.41, 5.74) is -0.538. The smallest absolute Gasteiger partial charge is 0.335 e. The van der Waals surface area contributed by atoms with Crippen LogP contribution in [-0.2, 0) is 11.0 Å². The van der Waals surface area contributed by atoms with Gasteiger partial charge in [0, 0.05) is 10.6 Å². The molecule has 2 aromatic rings. The summed E-state index contributed by atoms with van der Waals surface area (Å²) in [4.78, 5) is 14.0. The van der Waals surface area contributed by atoms with E-state index in [2.05, 4.69) is 5.32 Å². The number of likely N-dealkylation sites (N-methyl/N-ethyl adjacent to an activating group) is 1. The number of carbonyl (C=O) groups is 1. The zero-order chi connectivity index (χ0) is 20.0.